The lowest BCUT2D eigenvalue weighted by molar-refractivity contribution is 0.172. The fraction of sp³-hybridized carbons (Fsp3) is 0.188. The average Bonchev–Trinajstić information content (AvgIpc) is 2.46. The largest absolute Gasteiger partial charge is 0.481 e. The number of benzene rings is 2. The van der Waals surface area contributed by atoms with E-state index < -0.39 is 11.9 Å². The standard InChI is InChI=1S/C16H15FN2O/c1-11(19)16(13-5-3-2-4-6-13)20-15-8-7-12(10-18)9-14(15)17/h2-9,11,16H,19H2,1H3. The molecule has 0 heterocycles. The Balaban J connectivity index is 2.28. The molecule has 0 spiro atoms. The number of halogens is 1. The van der Waals surface area contributed by atoms with Crippen LogP contribution in [0.1, 0.15) is 24.2 Å². The maximum atomic E-state index is 13.9. The molecule has 2 rings (SSSR count). The first-order valence-corrected chi connectivity index (χ1v) is 6.28. The summed E-state index contributed by atoms with van der Waals surface area (Å²) >= 11 is 0. The van der Waals surface area contributed by atoms with Crippen LogP contribution in [0.15, 0.2) is 48.5 Å². The molecule has 0 aliphatic heterocycles. The molecule has 0 bridgehead atoms. The molecule has 20 heavy (non-hydrogen) atoms. The van der Waals surface area contributed by atoms with Gasteiger partial charge in [-0.25, -0.2) is 4.39 Å². The molecule has 0 fully saturated rings. The van der Waals surface area contributed by atoms with Crippen LogP contribution in [0.25, 0.3) is 0 Å². The van der Waals surface area contributed by atoms with Gasteiger partial charge in [-0.05, 0) is 30.7 Å². The van der Waals surface area contributed by atoms with Crippen molar-refractivity contribution in [3.8, 4) is 11.8 Å². The van der Waals surface area contributed by atoms with Gasteiger partial charge in [-0.2, -0.15) is 5.26 Å². The molecule has 0 aliphatic carbocycles. The smallest absolute Gasteiger partial charge is 0.166 e. The van der Waals surface area contributed by atoms with Gasteiger partial charge < -0.3 is 10.5 Å². The quantitative estimate of drug-likeness (QED) is 0.928. The number of hydrogen-bond acceptors (Lipinski definition) is 3. The Morgan fingerprint density at radius 3 is 2.45 bits per heavy atom. The van der Waals surface area contributed by atoms with Gasteiger partial charge in [0, 0.05) is 6.04 Å². The third-order valence-electron chi connectivity index (χ3n) is 2.92. The van der Waals surface area contributed by atoms with Crippen molar-refractivity contribution < 1.29 is 9.13 Å². The molecule has 0 aromatic heterocycles. The topological polar surface area (TPSA) is 59.0 Å². The highest BCUT2D eigenvalue weighted by atomic mass is 19.1. The predicted octanol–water partition coefficient (Wildman–Crippen LogP) is 3.16. The van der Waals surface area contributed by atoms with Crippen LogP contribution in [-0.2, 0) is 0 Å². The van der Waals surface area contributed by atoms with Gasteiger partial charge in [0.25, 0.3) is 0 Å². The number of ether oxygens (including phenoxy) is 1. The van der Waals surface area contributed by atoms with Crippen LogP contribution in [0, 0.1) is 17.1 Å². The van der Waals surface area contributed by atoms with E-state index in [9.17, 15) is 4.39 Å². The zero-order chi connectivity index (χ0) is 14.5. The van der Waals surface area contributed by atoms with Gasteiger partial charge in [-0.1, -0.05) is 30.3 Å². The highest BCUT2D eigenvalue weighted by Gasteiger charge is 2.19. The van der Waals surface area contributed by atoms with Gasteiger partial charge in [0.05, 0.1) is 11.6 Å². The number of nitrogens with zero attached hydrogens (tertiary/aromatic N) is 1. The maximum Gasteiger partial charge on any atom is 0.166 e. The third-order valence-corrected chi connectivity index (χ3v) is 2.92. The van der Waals surface area contributed by atoms with Crippen LogP contribution in [0.4, 0.5) is 4.39 Å². The van der Waals surface area contributed by atoms with Gasteiger partial charge in [0.1, 0.15) is 6.10 Å². The molecule has 0 saturated carbocycles. The molecule has 2 aromatic carbocycles. The molecule has 2 unspecified atom stereocenters. The number of nitriles is 1. The van der Waals surface area contributed by atoms with Crippen molar-refractivity contribution in [3.63, 3.8) is 0 Å². The SMILES string of the molecule is CC(N)C(Oc1ccc(C#N)cc1F)c1ccccc1. The fourth-order valence-corrected chi connectivity index (χ4v) is 1.92. The van der Waals surface area contributed by atoms with E-state index in [-0.39, 0.29) is 17.4 Å². The molecule has 2 N–H and O–H groups in total. The van der Waals surface area contributed by atoms with E-state index in [1.54, 1.807) is 6.92 Å². The molecule has 102 valence electrons. The second kappa shape index (κ2) is 6.18. The number of nitrogens with two attached hydrogens (primary N) is 1. The molecule has 0 saturated heterocycles. The summed E-state index contributed by atoms with van der Waals surface area (Å²) < 4.78 is 19.5. The minimum Gasteiger partial charge on any atom is -0.481 e. The van der Waals surface area contributed by atoms with Crippen molar-refractivity contribution in [2.45, 2.75) is 19.1 Å². The van der Waals surface area contributed by atoms with E-state index in [4.69, 9.17) is 15.7 Å². The summed E-state index contributed by atoms with van der Waals surface area (Å²) in [5, 5.41) is 8.72. The molecule has 0 aliphatic rings. The summed E-state index contributed by atoms with van der Waals surface area (Å²) in [6.07, 6.45) is -0.446. The Kier molecular flexibility index (Phi) is 4.34. The second-order valence-electron chi connectivity index (χ2n) is 4.57. The van der Waals surface area contributed by atoms with Gasteiger partial charge >= 0.3 is 0 Å². The molecule has 4 heteroatoms. The summed E-state index contributed by atoms with van der Waals surface area (Å²) in [4.78, 5) is 0. The normalized spacial score (nSPS) is 13.3. The van der Waals surface area contributed by atoms with E-state index in [1.165, 1.54) is 12.1 Å². The minimum atomic E-state index is -0.564. The average molecular weight is 270 g/mol. The third kappa shape index (κ3) is 3.14. The molecular formula is C16H15FN2O. The zero-order valence-corrected chi connectivity index (χ0v) is 11.1. The van der Waals surface area contributed by atoms with Gasteiger partial charge in [-0.3, -0.25) is 0 Å². The summed E-state index contributed by atoms with van der Waals surface area (Å²) in [5.41, 5.74) is 7.06. The van der Waals surface area contributed by atoms with E-state index in [0.717, 1.165) is 11.6 Å². The molecular weight excluding hydrogens is 255 g/mol. The van der Waals surface area contributed by atoms with Crippen LogP contribution in [0.3, 0.4) is 0 Å². The maximum absolute atomic E-state index is 13.9. The van der Waals surface area contributed by atoms with Crippen LogP contribution in [0.2, 0.25) is 0 Å². The van der Waals surface area contributed by atoms with Crippen LogP contribution >= 0.6 is 0 Å². The minimum absolute atomic E-state index is 0.0927. The van der Waals surface area contributed by atoms with E-state index in [0.29, 0.717) is 0 Å². The van der Waals surface area contributed by atoms with Gasteiger partial charge in [0.15, 0.2) is 11.6 Å². The molecule has 0 amide bonds. The lowest BCUT2D eigenvalue weighted by Gasteiger charge is -2.23. The lowest BCUT2D eigenvalue weighted by Crippen LogP contribution is -2.29. The monoisotopic (exact) mass is 270 g/mol. The highest BCUT2D eigenvalue weighted by molar-refractivity contribution is 5.36. The predicted molar refractivity (Wildman–Crippen MR) is 74.6 cm³/mol. The van der Waals surface area contributed by atoms with E-state index in [1.807, 2.05) is 36.4 Å². The molecule has 2 atom stereocenters. The van der Waals surface area contributed by atoms with Crippen LogP contribution < -0.4 is 10.5 Å². The Bertz CT molecular complexity index is 620. The molecule has 2 aromatic rings. The first-order chi connectivity index (χ1) is 9.61. The molecule has 3 nitrogen and oxygen atoms in total. The fourth-order valence-electron chi connectivity index (χ4n) is 1.92. The summed E-state index contributed by atoms with van der Waals surface area (Å²) in [6, 6.07) is 15.1. The van der Waals surface area contributed by atoms with Gasteiger partial charge in [-0.15, -0.1) is 0 Å². The zero-order valence-electron chi connectivity index (χ0n) is 11.1. The Hall–Kier alpha value is -2.38. The van der Waals surface area contributed by atoms with Crippen molar-refractivity contribution in [2.75, 3.05) is 0 Å². The van der Waals surface area contributed by atoms with Crippen LogP contribution in [-0.4, -0.2) is 6.04 Å². The first kappa shape index (κ1) is 14.0. The highest BCUT2D eigenvalue weighted by Crippen LogP contribution is 2.26. The second-order valence-corrected chi connectivity index (χ2v) is 4.57. The number of rotatable bonds is 4. The van der Waals surface area contributed by atoms with E-state index in [2.05, 4.69) is 0 Å². The molecule has 0 radical (unpaired) electrons. The Labute approximate surface area is 117 Å². The van der Waals surface area contributed by atoms with Crippen LogP contribution in [0.5, 0.6) is 5.75 Å². The van der Waals surface area contributed by atoms with Gasteiger partial charge in [0.2, 0.25) is 0 Å². The first-order valence-electron chi connectivity index (χ1n) is 6.28. The lowest BCUT2D eigenvalue weighted by atomic mass is 10.0. The van der Waals surface area contributed by atoms with Crippen molar-refractivity contribution in [1.29, 1.82) is 5.26 Å². The number of hydrogen-bond donors (Lipinski definition) is 1. The van der Waals surface area contributed by atoms with Crippen molar-refractivity contribution in [2.24, 2.45) is 5.73 Å². The van der Waals surface area contributed by atoms with E-state index >= 15 is 0 Å². The van der Waals surface area contributed by atoms with Crippen molar-refractivity contribution in [1.82, 2.24) is 0 Å². The summed E-state index contributed by atoms with van der Waals surface area (Å²) in [7, 11) is 0. The van der Waals surface area contributed by atoms with Crippen molar-refractivity contribution in [3.05, 3.63) is 65.5 Å². The van der Waals surface area contributed by atoms with Crippen molar-refractivity contribution >= 4 is 0 Å². The summed E-state index contributed by atoms with van der Waals surface area (Å²) in [6.45, 7) is 1.80. The summed E-state index contributed by atoms with van der Waals surface area (Å²) in [5.74, 6) is -0.471. The Morgan fingerprint density at radius 1 is 1.20 bits per heavy atom. The Morgan fingerprint density at radius 2 is 1.90 bits per heavy atom.